The average molecular weight is 424 g/mol. The molecular formula is C23H22FN3O2S. The molecule has 0 aliphatic rings. The summed E-state index contributed by atoms with van der Waals surface area (Å²) in [6.45, 7) is 5.82. The minimum Gasteiger partial charge on any atom is -0.348 e. The molecule has 1 aromatic heterocycles. The lowest BCUT2D eigenvalue weighted by Crippen LogP contribution is -2.23. The Bertz CT molecular complexity index is 1110. The van der Waals surface area contributed by atoms with E-state index in [9.17, 15) is 14.0 Å². The molecule has 154 valence electrons. The van der Waals surface area contributed by atoms with Crippen LogP contribution in [-0.4, -0.2) is 16.8 Å². The van der Waals surface area contributed by atoms with Crippen LogP contribution in [0.15, 0.2) is 53.9 Å². The summed E-state index contributed by atoms with van der Waals surface area (Å²) in [6.07, 6.45) is 2.96. The number of carbonyl (C=O) groups excluding carboxylic acids is 2. The molecule has 0 fully saturated rings. The van der Waals surface area contributed by atoms with Gasteiger partial charge in [0, 0.05) is 24.9 Å². The number of aryl methyl sites for hydroxylation is 2. The van der Waals surface area contributed by atoms with Crippen molar-refractivity contribution in [2.45, 2.75) is 27.3 Å². The van der Waals surface area contributed by atoms with Gasteiger partial charge in [0.15, 0.2) is 5.13 Å². The minimum atomic E-state index is -0.509. The highest BCUT2D eigenvalue weighted by atomic mass is 32.1. The molecule has 0 bridgehead atoms. The summed E-state index contributed by atoms with van der Waals surface area (Å²) in [5, 5.41) is 4.89. The quantitative estimate of drug-likeness (QED) is 0.573. The number of anilines is 2. The molecule has 0 atom stereocenters. The van der Waals surface area contributed by atoms with Gasteiger partial charge in [-0.3, -0.25) is 14.5 Å². The van der Waals surface area contributed by atoms with E-state index in [0.717, 1.165) is 11.1 Å². The van der Waals surface area contributed by atoms with Crippen LogP contribution in [0, 0.1) is 19.7 Å². The molecule has 1 heterocycles. The first-order valence-corrected chi connectivity index (χ1v) is 10.3. The molecule has 1 N–H and O–H groups in total. The van der Waals surface area contributed by atoms with Crippen molar-refractivity contribution in [2.75, 3.05) is 4.90 Å². The molecule has 0 saturated heterocycles. The lowest BCUT2D eigenvalue weighted by Gasteiger charge is -2.18. The van der Waals surface area contributed by atoms with Gasteiger partial charge in [0.2, 0.25) is 11.8 Å². The second kappa shape index (κ2) is 9.45. The van der Waals surface area contributed by atoms with E-state index < -0.39 is 5.82 Å². The summed E-state index contributed by atoms with van der Waals surface area (Å²) in [7, 11) is 0. The molecule has 0 saturated carbocycles. The number of rotatable bonds is 6. The molecule has 30 heavy (non-hydrogen) atoms. The fraction of sp³-hybridized carbons (Fsp3) is 0.174. The van der Waals surface area contributed by atoms with Crippen LogP contribution in [0.5, 0.6) is 0 Å². The standard InChI is InChI=1S/C23H22FN3O2S/c1-15-8-9-18(16(2)12-15)13-25-22(29)11-10-19-14-30-23(26-19)27(17(3)28)21-7-5-4-6-20(21)24/h4-12,14H,13H2,1-3H3,(H,25,29)/b11-10+. The lowest BCUT2D eigenvalue weighted by molar-refractivity contribution is -0.117. The number of hydrogen-bond donors (Lipinski definition) is 1. The third-order valence-electron chi connectivity index (χ3n) is 4.47. The number of nitrogens with one attached hydrogen (secondary N) is 1. The van der Waals surface area contributed by atoms with Crippen LogP contribution < -0.4 is 10.2 Å². The normalized spacial score (nSPS) is 10.9. The number of thiazole rings is 1. The summed E-state index contributed by atoms with van der Waals surface area (Å²) < 4.78 is 14.1. The summed E-state index contributed by atoms with van der Waals surface area (Å²) in [5.41, 5.74) is 4.01. The van der Waals surface area contributed by atoms with E-state index in [2.05, 4.69) is 16.4 Å². The topological polar surface area (TPSA) is 62.3 Å². The van der Waals surface area contributed by atoms with Gasteiger partial charge in [-0.25, -0.2) is 9.37 Å². The second-order valence-electron chi connectivity index (χ2n) is 6.84. The van der Waals surface area contributed by atoms with Crippen molar-refractivity contribution in [2.24, 2.45) is 0 Å². The monoisotopic (exact) mass is 423 g/mol. The maximum absolute atomic E-state index is 14.1. The van der Waals surface area contributed by atoms with Gasteiger partial charge in [0.05, 0.1) is 11.4 Å². The molecule has 0 radical (unpaired) electrons. The summed E-state index contributed by atoms with van der Waals surface area (Å²) >= 11 is 1.20. The molecule has 5 nitrogen and oxygen atoms in total. The van der Waals surface area contributed by atoms with Crippen molar-refractivity contribution in [1.82, 2.24) is 10.3 Å². The fourth-order valence-corrected chi connectivity index (χ4v) is 3.79. The van der Waals surface area contributed by atoms with E-state index >= 15 is 0 Å². The Morgan fingerprint density at radius 3 is 2.67 bits per heavy atom. The predicted molar refractivity (Wildman–Crippen MR) is 118 cm³/mol. The number of benzene rings is 2. The van der Waals surface area contributed by atoms with Crippen LogP contribution in [0.1, 0.15) is 29.3 Å². The fourth-order valence-electron chi connectivity index (χ4n) is 2.94. The molecule has 0 aliphatic heterocycles. The van der Waals surface area contributed by atoms with Gasteiger partial charge in [-0.05, 0) is 43.2 Å². The molecule has 0 unspecified atom stereocenters. The van der Waals surface area contributed by atoms with Crippen molar-refractivity contribution >= 4 is 40.0 Å². The van der Waals surface area contributed by atoms with E-state index in [0.29, 0.717) is 17.4 Å². The number of para-hydroxylation sites is 1. The number of aromatic nitrogens is 1. The Morgan fingerprint density at radius 2 is 1.97 bits per heavy atom. The molecule has 2 amide bonds. The smallest absolute Gasteiger partial charge is 0.244 e. The molecule has 3 rings (SSSR count). The van der Waals surface area contributed by atoms with Crippen LogP contribution in [0.2, 0.25) is 0 Å². The van der Waals surface area contributed by atoms with E-state index in [-0.39, 0.29) is 17.5 Å². The number of halogens is 1. The largest absolute Gasteiger partial charge is 0.348 e. The Balaban J connectivity index is 1.68. The van der Waals surface area contributed by atoms with Crippen molar-refractivity contribution < 1.29 is 14.0 Å². The number of amides is 2. The molecule has 3 aromatic rings. The first kappa shape index (κ1) is 21.4. The molecule has 7 heteroatoms. The van der Waals surface area contributed by atoms with Gasteiger partial charge in [-0.15, -0.1) is 11.3 Å². The third kappa shape index (κ3) is 5.18. The third-order valence-corrected chi connectivity index (χ3v) is 5.31. The Kier molecular flexibility index (Phi) is 6.74. The number of hydrogen-bond acceptors (Lipinski definition) is 4. The Morgan fingerprint density at radius 1 is 1.20 bits per heavy atom. The van der Waals surface area contributed by atoms with Gasteiger partial charge in [0.25, 0.3) is 0 Å². The first-order chi connectivity index (χ1) is 14.3. The highest BCUT2D eigenvalue weighted by molar-refractivity contribution is 7.14. The summed E-state index contributed by atoms with van der Waals surface area (Å²) in [6, 6.07) is 12.1. The Labute approximate surface area is 178 Å². The molecule has 0 aliphatic carbocycles. The van der Waals surface area contributed by atoms with E-state index in [4.69, 9.17) is 0 Å². The van der Waals surface area contributed by atoms with E-state index in [1.807, 2.05) is 26.0 Å². The zero-order valence-electron chi connectivity index (χ0n) is 17.0. The average Bonchev–Trinajstić information content (AvgIpc) is 3.15. The van der Waals surface area contributed by atoms with Crippen LogP contribution in [0.3, 0.4) is 0 Å². The van der Waals surface area contributed by atoms with Crippen LogP contribution in [0.4, 0.5) is 15.2 Å². The van der Waals surface area contributed by atoms with Gasteiger partial charge >= 0.3 is 0 Å². The highest BCUT2D eigenvalue weighted by Crippen LogP contribution is 2.30. The second-order valence-corrected chi connectivity index (χ2v) is 7.68. The van der Waals surface area contributed by atoms with Crippen molar-refractivity contribution in [1.29, 1.82) is 0 Å². The predicted octanol–water partition coefficient (Wildman–Crippen LogP) is 4.91. The zero-order chi connectivity index (χ0) is 21.7. The van der Waals surface area contributed by atoms with Gasteiger partial charge < -0.3 is 5.32 Å². The minimum absolute atomic E-state index is 0.140. The maximum Gasteiger partial charge on any atom is 0.244 e. The highest BCUT2D eigenvalue weighted by Gasteiger charge is 2.20. The van der Waals surface area contributed by atoms with Crippen LogP contribution >= 0.6 is 11.3 Å². The van der Waals surface area contributed by atoms with Crippen molar-refractivity contribution in [3.63, 3.8) is 0 Å². The molecule has 0 spiro atoms. The summed E-state index contributed by atoms with van der Waals surface area (Å²) in [4.78, 5) is 29.8. The van der Waals surface area contributed by atoms with Crippen molar-refractivity contribution in [3.05, 3.63) is 82.1 Å². The SMILES string of the molecule is CC(=O)N(c1nc(/C=C/C(=O)NCc2ccc(C)cc2C)cs1)c1ccccc1F. The maximum atomic E-state index is 14.1. The van der Waals surface area contributed by atoms with Crippen LogP contribution in [0.25, 0.3) is 6.08 Å². The van der Waals surface area contributed by atoms with E-state index in [1.165, 1.54) is 46.9 Å². The lowest BCUT2D eigenvalue weighted by atomic mass is 10.1. The zero-order valence-corrected chi connectivity index (χ0v) is 17.8. The van der Waals surface area contributed by atoms with Gasteiger partial charge in [-0.2, -0.15) is 0 Å². The number of nitrogens with zero attached hydrogens (tertiary/aromatic N) is 2. The van der Waals surface area contributed by atoms with Crippen molar-refractivity contribution in [3.8, 4) is 0 Å². The molecule has 2 aromatic carbocycles. The number of carbonyl (C=O) groups is 2. The Hall–Kier alpha value is -3.32. The first-order valence-electron chi connectivity index (χ1n) is 9.38. The summed E-state index contributed by atoms with van der Waals surface area (Å²) in [5.74, 6) is -1.11. The van der Waals surface area contributed by atoms with Gasteiger partial charge in [0.1, 0.15) is 5.82 Å². The molecular weight excluding hydrogens is 401 g/mol. The van der Waals surface area contributed by atoms with E-state index in [1.54, 1.807) is 23.6 Å². The van der Waals surface area contributed by atoms with Crippen LogP contribution in [-0.2, 0) is 16.1 Å². The van der Waals surface area contributed by atoms with Gasteiger partial charge in [-0.1, -0.05) is 35.9 Å².